The van der Waals surface area contributed by atoms with Crippen molar-refractivity contribution in [1.29, 1.82) is 5.41 Å². The maximum absolute atomic E-state index is 11.4. The fourth-order valence-electron chi connectivity index (χ4n) is 1.53. The maximum Gasteiger partial charge on any atom is 0.230 e. The average molecular weight is 183 g/mol. The molecule has 0 bridgehead atoms. The lowest BCUT2D eigenvalue weighted by Gasteiger charge is -2.30. The molecule has 13 heavy (non-hydrogen) atoms. The van der Waals surface area contributed by atoms with Gasteiger partial charge in [-0.2, -0.15) is 0 Å². The van der Waals surface area contributed by atoms with Gasteiger partial charge in [0.2, 0.25) is 5.91 Å². The third-order valence-corrected chi connectivity index (χ3v) is 2.48. The van der Waals surface area contributed by atoms with Crippen LogP contribution >= 0.6 is 0 Å². The van der Waals surface area contributed by atoms with E-state index in [0.29, 0.717) is 0 Å². The molecule has 4 nitrogen and oxygen atoms in total. The van der Waals surface area contributed by atoms with Crippen LogP contribution in [0.25, 0.3) is 0 Å². The molecule has 0 aromatic carbocycles. The standard InChI is InChI=1S/C9H17N3O/c1-7-2-4-12(5-3-7)9(13)6-8(10)11/h7H,2-6H2,1H3,(H3,10,11). The minimum atomic E-state index is -0.0383. The summed E-state index contributed by atoms with van der Waals surface area (Å²) in [5.41, 5.74) is 5.16. The molecule has 0 spiro atoms. The van der Waals surface area contributed by atoms with E-state index in [1.165, 1.54) is 0 Å². The van der Waals surface area contributed by atoms with Gasteiger partial charge in [-0.1, -0.05) is 6.92 Å². The van der Waals surface area contributed by atoms with E-state index in [-0.39, 0.29) is 18.2 Å². The van der Waals surface area contributed by atoms with Crippen LogP contribution in [0.15, 0.2) is 0 Å². The molecular formula is C9H17N3O. The lowest BCUT2D eigenvalue weighted by molar-refractivity contribution is -0.131. The summed E-state index contributed by atoms with van der Waals surface area (Å²) in [6.07, 6.45) is 2.22. The van der Waals surface area contributed by atoms with E-state index in [1.807, 2.05) is 0 Å². The Kier molecular flexibility index (Phi) is 3.28. The van der Waals surface area contributed by atoms with Crippen molar-refractivity contribution in [2.24, 2.45) is 11.7 Å². The molecule has 1 fully saturated rings. The lowest BCUT2D eigenvalue weighted by Crippen LogP contribution is -2.39. The molecule has 0 aromatic rings. The number of hydrogen-bond acceptors (Lipinski definition) is 2. The molecule has 1 heterocycles. The van der Waals surface area contributed by atoms with Crippen LogP contribution in [0.4, 0.5) is 0 Å². The number of nitrogens with one attached hydrogen (secondary N) is 1. The number of piperidine rings is 1. The summed E-state index contributed by atoms with van der Waals surface area (Å²) in [7, 11) is 0. The molecule has 1 aliphatic rings. The Morgan fingerprint density at radius 1 is 1.54 bits per heavy atom. The Hall–Kier alpha value is -1.06. The van der Waals surface area contributed by atoms with Gasteiger partial charge in [0.25, 0.3) is 0 Å². The molecule has 3 N–H and O–H groups in total. The van der Waals surface area contributed by atoms with Gasteiger partial charge in [-0.25, -0.2) is 0 Å². The first kappa shape index (κ1) is 10.0. The largest absolute Gasteiger partial charge is 0.387 e. The molecule has 0 saturated carbocycles. The van der Waals surface area contributed by atoms with E-state index < -0.39 is 0 Å². The summed E-state index contributed by atoms with van der Waals surface area (Å²) in [4.78, 5) is 13.2. The van der Waals surface area contributed by atoms with Gasteiger partial charge in [-0.3, -0.25) is 10.2 Å². The van der Waals surface area contributed by atoms with Crippen LogP contribution in [0.1, 0.15) is 26.2 Å². The second-order valence-electron chi connectivity index (χ2n) is 3.77. The normalized spacial score (nSPS) is 18.7. The number of amides is 1. The van der Waals surface area contributed by atoms with E-state index in [2.05, 4.69) is 6.92 Å². The quantitative estimate of drug-likeness (QED) is 0.485. The first-order valence-electron chi connectivity index (χ1n) is 4.70. The highest BCUT2D eigenvalue weighted by Crippen LogP contribution is 2.16. The maximum atomic E-state index is 11.4. The van der Waals surface area contributed by atoms with Crippen LogP contribution in [0.5, 0.6) is 0 Å². The van der Waals surface area contributed by atoms with E-state index >= 15 is 0 Å². The van der Waals surface area contributed by atoms with Crippen LogP contribution in [0.2, 0.25) is 0 Å². The number of likely N-dealkylation sites (tertiary alicyclic amines) is 1. The van der Waals surface area contributed by atoms with Crippen molar-refractivity contribution in [2.45, 2.75) is 26.2 Å². The monoisotopic (exact) mass is 183 g/mol. The first-order valence-corrected chi connectivity index (χ1v) is 4.70. The number of carbonyl (C=O) groups is 1. The van der Waals surface area contributed by atoms with Crippen molar-refractivity contribution in [1.82, 2.24) is 4.90 Å². The topological polar surface area (TPSA) is 70.2 Å². The van der Waals surface area contributed by atoms with Gasteiger partial charge in [0, 0.05) is 13.1 Å². The number of nitrogens with two attached hydrogens (primary N) is 1. The fraction of sp³-hybridized carbons (Fsp3) is 0.778. The summed E-state index contributed by atoms with van der Waals surface area (Å²) in [5, 5.41) is 7.01. The molecule has 1 amide bonds. The highest BCUT2D eigenvalue weighted by Gasteiger charge is 2.20. The van der Waals surface area contributed by atoms with Crippen molar-refractivity contribution >= 4 is 11.7 Å². The summed E-state index contributed by atoms with van der Waals surface area (Å²) in [6.45, 7) is 3.85. The highest BCUT2D eigenvalue weighted by molar-refractivity contribution is 5.97. The van der Waals surface area contributed by atoms with Gasteiger partial charge in [0.1, 0.15) is 0 Å². The molecule has 0 radical (unpaired) electrons. The number of nitrogens with zero attached hydrogens (tertiary/aromatic N) is 1. The Bertz CT molecular complexity index is 207. The summed E-state index contributed by atoms with van der Waals surface area (Å²) < 4.78 is 0. The molecule has 1 aliphatic heterocycles. The number of amidine groups is 1. The van der Waals surface area contributed by atoms with Gasteiger partial charge < -0.3 is 10.6 Å². The zero-order valence-electron chi connectivity index (χ0n) is 8.05. The predicted molar refractivity (Wildman–Crippen MR) is 51.5 cm³/mol. The van der Waals surface area contributed by atoms with Crippen LogP contribution in [0, 0.1) is 11.3 Å². The summed E-state index contributed by atoms with van der Waals surface area (Å²) in [6, 6.07) is 0. The van der Waals surface area contributed by atoms with E-state index in [9.17, 15) is 4.79 Å². The second-order valence-corrected chi connectivity index (χ2v) is 3.77. The molecule has 0 unspecified atom stereocenters. The molecule has 0 atom stereocenters. The van der Waals surface area contributed by atoms with E-state index in [4.69, 9.17) is 11.1 Å². The van der Waals surface area contributed by atoms with Crippen molar-refractivity contribution < 1.29 is 4.79 Å². The minimum absolute atomic E-state index is 0.000556. The van der Waals surface area contributed by atoms with Gasteiger partial charge in [0.05, 0.1) is 12.3 Å². The van der Waals surface area contributed by atoms with Gasteiger partial charge >= 0.3 is 0 Å². The van der Waals surface area contributed by atoms with Gasteiger partial charge in [-0.05, 0) is 18.8 Å². The molecule has 1 saturated heterocycles. The average Bonchev–Trinajstić information content (AvgIpc) is 2.04. The summed E-state index contributed by atoms with van der Waals surface area (Å²) in [5.74, 6) is 0.685. The lowest BCUT2D eigenvalue weighted by atomic mass is 9.99. The number of hydrogen-bond donors (Lipinski definition) is 2. The number of carbonyl (C=O) groups excluding carboxylic acids is 1. The zero-order valence-corrected chi connectivity index (χ0v) is 8.05. The van der Waals surface area contributed by atoms with Crippen molar-refractivity contribution in [3.05, 3.63) is 0 Å². The Morgan fingerprint density at radius 3 is 2.54 bits per heavy atom. The van der Waals surface area contributed by atoms with Crippen LogP contribution in [0.3, 0.4) is 0 Å². The smallest absolute Gasteiger partial charge is 0.230 e. The van der Waals surface area contributed by atoms with Crippen molar-refractivity contribution in [3.63, 3.8) is 0 Å². The van der Waals surface area contributed by atoms with Gasteiger partial charge in [0.15, 0.2) is 0 Å². The fourth-order valence-corrected chi connectivity index (χ4v) is 1.53. The summed E-state index contributed by atoms with van der Waals surface area (Å²) >= 11 is 0. The molecule has 74 valence electrons. The third kappa shape index (κ3) is 3.05. The SMILES string of the molecule is CC1CCN(C(=O)CC(=N)N)CC1. The predicted octanol–water partition coefficient (Wildman–Crippen LogP) is 0.571. The molecule has 1 rings (SSSR count). The minimum Gasteiger partial charge on any atom is -0.387 e. The Labute approximate surface area is 78.6 Å². The molecule has 0 aliphatic carbocycles. The van der Waals surface area contributed by atoms with Crippen molar-refractivity contribution in [3.8, 4) is 0 Å². The Balaban J connectivity index is 2.36. The van der Waals surface area contributed by atoms with Crippen molar-refractivity contribution in [2.75, 3.05) is 13.1 Å². The van der Waals surface area contributed by atoms with E-state index in [1.54, 1.807) is 4.90 Å². The van der Waals surface area contributed by atoms with E-state index in [0.717, 1.165) is 31.8 Å². The second kappa shape index (κ2) is 4.25. The zero-order chi connectivity index (χ0) is 9.84. The third-order valence-electron chi connectivity index (χ3n) is 2.48. The van der Waals surface area contributed by atoms with Crippen LogP contribution < -0.4 is 5.73 Å². The van der Waals surface area contributed by atoms with Crippen LogP contribution in [-0.4, -0.2) is 29.7 Å². The number of rotatable bonds is 2. The molecule has 4 heteroatoms. The molecule has 0 aromatic heterocycles. The Morgan fingerprint density at radius 2 is 2.08 bits per heavy atom. The van der Waals surface area contributed by atoms with Crippen LogP contribution in [-0.2, 0) is 4.79 Å². The first-order chi connectivity index (χ1) is 6.09. The van der Waals surface area contributed by atoms with Gasteiger partial charge in [-0.15, -0.1) is 0 Å². The highest BCUT2D eigenvalue weighted by atomic mass is 16.2. The molecular weight excluding hydrogens is 166 g/mol.